The van der Waals surface area contributed by atoms with Crippen molar-refractivity contribution in [3.05, 3.63) is 48.0 Å². The molecule has 3 rings (SSSR count). The number of methoxy groups -OCH3 is 2. The number of phenolic OH excluding ortho intramolecular Hbond substituents is 1. The van der Waals surface area contributed by atoms with Gasteiger partial charge in [0.25, 0.3) is 0 Å². The molecule has 2 aromatic rings. The topological polar surface area (TPSA) is 78.4 Å². The van der Waals surface area contributed by atoms with E-state index in [1.165, 1.54) is 0 Å². The van der Waals surface area contributed by atoms with Crippen molar-refractivity contribution in [3.63, 3.8) is 0 Å². The summed E-state index contributed by atoms with van der Waals surface area (Å²) in [6.45, 7) is 5.16. The highest BCUT2D eigenvalue weighted by Crippen LogP contribution is 2.30. The Labute approximate surface area is 195 Å². The second-order valence-corrected chi connectivity index (χ2v) is 7.01. The average molecular weight is 526 g/mol. The van der Waals surface area contributed by atoms with Crippen molar-refractivity contribution in [2.75, 3.05) is 38.8 Å². The number of rotatable bonds is 7. The van der Waals surface area contributed by atoms with Crippen LogP contribution in [-0.4, -0.2) is 51.0 Å². The van der Waals surface area contributed by atoms with Crippen molar-refractivity contribution in [1.82, 2.24) is 10.6 Å². The lowest BCUT2D eigenvalue weighted by molar-refractivity contribution is 0.394. The number of anilines is 1. The summed E-state index contributed by atoms with van der Waals surface area (Å²) in [5, 5.41) is 16.5. The Bertz CT molecular complexity index is 825. The van der Waals surface area contributed by atoms with E-state index in [4.69, 9.17) is 9.47 Å². The predicted octanol–water partition coefficient (Wildman–Crippen LogP) is 3.36. The Hall–Kier alpha value is -2.36. The molecule has 0 bridgehead atoms. The fourth-order valence-electron chi connectivity index (χ4n) is 3.43. The van der Waals surface area contributed by atoms with Gasteiger partial charge in [0.1, 0.15) is 17.2 Å². The molecular formula is C22H31IN4O3. The third-order valence-electron chi connectivity index (χ3n) is 4.90. The van der Waals surface area contributed by atoms with Crippen molar-refractivity contribution >= 4 is 35.6 Å². The van der Waals surface area contributed by atoms with Gasteiger partial charge in [0, 0.05) is 49.6 Å². The molecule has 0 amide bonds. The summed E-state index contributed by atoms with van der Waals surface area (Å²) in [6, 6.07) is 13.4. The Morgan fingerprint density at radius 1 is 1.17 bits per heavy atom. The molecule has 0 spiro atoms. The van der Waals surface area contributed by atoms with Crippen LogP contribution in [0.4, 0.5) is 5.69 Å². The van der Waals surface area contributed by atoms with Gasteiger partial charge in [-0.1, -0.05) is 12.1 Å². The monoisotopic (exact) mass is 526 g/mol. The molecule has 0 radical (unpaired) electrons. The van der Waals surface area contributed by atoms with Crippen molar-refractivity contribution in [3.8, 4) is 17.2 Å². The smallest absolute Gasteiger partial charge is 0.191 e. The van der Waals surface area contributed by atoms with Gasteiger partial charge in [0.2, 0.25) is 0 Å². The van der Waals surface area contributed by atoms with Gasteiger partial charge < -0.3 is 30.1 Å². The van der Waals surface area contributed by atoms with Crippen LogP contribution >= 0.6 is 24.0 Å². The summed E-state index contributed by atoms with van der Waals surface area (Å²) in [5.74, 6) is 2.62. The van der Waals surface area contributed by atoms with E-state index >= 15 is 0 Å². The second-order valence-electron chi connectivity index (χ2n) is 7.01. The number of nitrogens with one attached hydrogen (secondary N) is 2. The lowest BCUT2D eigenvalue weighted by atomic mass is 10.2. The standard InChI is InChI=1S/C22H30N4O3.HI/c1-4-23-22(24-14-16-6-5-7-19(27)10-16)25-17-8-9-26(15-17)18-11-20(28-2)13-21(12-18)29-3;/h5-7,10-13,17,27H,4,8-9,14-15H2,1-3H3,(H2,23,24,25);1H. The Balaban J connectivity index is 0.00000320. The number of benzene rings is 2. The maximum Gasteiger partial charge on any atom is 0.191 e. The van der Waals surface area contributed by atoms with Crippen LogP contribution in [0.5, 0.6) is 17.2 Å². The minimum Gasteiger partial charge on any atom is -0.508 e. The molecule has 3 N–H and O–H groups in total. The first kappa shape index (κ1) is 23.9. The highest BCUT2D eigenvalue weighted by atomic mass is 127. The molecule has 2 aromatic carbocycles. The number of hydrogen-bond donors (Lipinski definition) is 3. The Morgan fingerprint density at radius 2 is 1.90 bits per heavy atom. The minimum atomic E-state index is 0. The van der Waals surface area contributed by atoms with E-state index in [9.17, 15) is 5.11 Å². The fraction of sp³-hybridized carbons (Fsp3) is 0.409. The van der Waals surface area contributed by atoms with Gasteiger partial charge >= 0.3 is 0 Å². The lowest BCUT2D eigenvalue weighted by Gasteiger charge is -2.21. The van der Waals surface area contributed by atoms with Gasteiger partial charge in [-0.05, 0) is 31.0 Å². The number of phenols is 1. The molecule has 1 fully saturated rings. The summed E-state index contributed by atoms with van der Waals surface area (Å²) in [6.07, 6.45) is 1.01. The highest BCUT2D eigenvalue weighted by Gasteiger charge is 2.24. The number of guanidine groups is 1. The van der Waals surface area contributed by atoms with E-state index in [1.54, 1.807) is 26.4 Å². The van der Waals surface area contributed by atoms with Crippen LogP contribution in [0.3, 0.4) is 0 Å². The van der Waals surface area contributed by atoms with Gasteiger partial charge in [0.05, 0.1) is 20.8 Å². The zero-order valence-electron chi connectivity index (χ0n) is 17.7. The first-order valence-electron chi connectivity index (χ1n) is 9.92. The third kappa shape index (κ3) is 6.58. The number of ether oxygens (including phenoxy) is 2. The summed E-state index contributed by atoms with van der Waals surface area (Å²) in [7, 11) is 3.33. The molecular weight excluding hydrogens is 495 g/mol. The molecule has 0 saturated carbocycles. The summed E-state index contributed by atoms with van der Waals surface area (Å²) in [4.78, 5) is 6.99. The quantitative estimate of drug-likeness (QED) is 0.292. The Morgan fingerprint density at radius 3 is 2.53 bits per heavy atom. The summed E-state index contributed by atoms with van der Waals surface area (Å²) < 4.78 is 10.8. The molecule has 1 aliphatic rings. The molecule has 1 atom stereocenters. The van der Waals surface area contributed by atoms with Crippen LogP contribution in [0.15, 0.2) is 47.5 Å². The van der Waals surface area contributed by atoms with Crippen molar-refractivity contribution < 1.29 is 14.6 Å². The fourth-order valence-corrected chi connectivity index (χ4v) is 3.43. The normalized spacial score (nSPS) is 16.0. The molecule has 1 aliphatic heterocycles. The number of halogens is 1. The van der Waals surface area contributed by atoms with Gasteiger partial charge in [0.15, 0.2) is 5.96 Å². The van der Waals surface area contributed by atoms with Crippen molar-refractivity contribution in [2.24, 2.45) is 4.99 Å². The van der Waals surface area contributed by atoms with E-state index in [0.29, 0.717) is 6.54 Å². The lowest BCUT2D eigenvalue weighted by Crippen LogP contribution is -2.44. The van der Waals surface area contributed by atoms with E-state index < -0.39 is 0 Å². The zero-order chi connectivity index (χ0) is 20.6. The maximum absolute atomic E-state index is 9.62. The van der Waals surface area contributed by atoms with E-state index in [-0.39, 0.29) is 35.8 Å². The molecule has 30 heavy (non-hydrogen) atoms. The molecule has 0 aromatic heterocycles. The summed E-state index contributed by atoms with van der Waals surface area (Å²) in [5.41, 5.74) is 2.06. The van der Waals surface area contributed by atoms with Crippen LogP contribution in [-0.2, 0) is 6.54 Å². The van der Waals surface area contributed by atoms with Crippen LogP contribution in [0.1, 0.15) is 18.9 Å². The molecule has 1 unspecified atom stereocenters. The van der Waals surface area contributed by atoms with E-state index in [0.717, 1.165) is 54.8 Å². The van der Waals surface area contributed by atoms with Crippen LogP contribution < -0.4 is 25.0 Å². The van der Waals surface area contributed by atoms with Crippen LogP contribution in [0.2, 0.25) is 0 Å². The largest absolute Gasteiger partial charge is 0.508 e. The van der Waals surface area contributed by atoms with E-state index in [1.807, 2.05) is 30.3 Å². The number of hydrogen-bond acceptors (Lipinski definition) is 5. The predicted molar refractivity (Wildman–Crippen MR) is 132 cm³/mol. The van der Waals surface area contributed by atoms with Gasteiger partial charge in [-0.2, -0.15) is 0 Å². The first-order chi connectivity index (χ1) is 14.1. The number of aliphatic imine (C=N–C) groups is 1. The van der Waals surface area contributed by atoms with Crippen LogP contribution in [0, 0.1) is 0 Å². The zero-order valence-corrected chi connectivity index (χ0v) is 20.1. The SMILES string of the molecule is CCNC(=NCc1cccc(O)c1)NC1CCN(c2cc(OC)cc(OC)c2)C1.I. The van der Waals surface area contributed by atoms with Gasteiger partial charge in [-0.15, -0.1) is 24.0 Å². The third-order valence-corrected chi connectivity index (χ3v) is 4.90. The summed E-state index contributed by atoms with van der Waals surface area (Å²) >= 11 is 0. The highest BCUT2D eigenvalue weighted by molar-refractivity contribution is 14.0. The van der Waals surface area contributed by atoms with Gasteiger partial charge in [-0.3, -0.25) is 0 Å². The molecule has 8 heteroatoms. The Kier molecular flexibility index (Phi) is 9.35. The maximum atomic E-state index is 9.62. The van der Waals surface area contributed by atoms with Crippen molar-refractivity contribution in [2.45, 2.75) is 25.9 Å². The van der Waals surface area contributed by atoms with Gasteiger partial charge in [-0.25, -0.2) is 4.99 Å². The molecule has 1 heterocycles. The number of nitrogens with zero attached hydrogens (tertiary/aromatic N) is 2. The minimum absolute atomic E-state index is 0. The average Bonchev–Trinajstić information content (AvgIpc) is 3.20. The first-order valence-corrected chi connectivity index (χ1v) is 9.92. The van der Waals surface area contributed by atoms with Crippen LogP contribution in [0.25, 0.3) is 0 Å². The molecule has 164 valence electrons. The van der Waals surface area contributed by atoms with Crippen molar-refractivity contribution in [1.29, 1.82) is 0 Å². The second kappa shape index (κ2) is 11.7. The molecule has 7 nitrogen and oxygen atoms in total. The van der Waals surface area contributed by atoms with E-state index in [2.05, 4.69) is 27.4 Å². The molecule has 0 aliphatic carbocycles. The number of aromatic hydroxyl groups is 1. The molecule has 1 saturated heterocycles.